The Morgan fingerprint density at radius 1 is 1.11 bits per heavy atom. The van der Waals surface area contributed by atoms with Gasteiger partial charge in [-0.15, -0.1) is 0 Å². The van der Waals surface area contributed by atoms with Crippen molar-refractivity contribution in [3.63, 3.8) is 0 Å². The standard InChI is InChI=1S/C13H10BrN3O/c14-10-3-1-9(2-4-10)12-5-6-13-15-7-11(8-18)17(13)16-12/h1-7,18H,8H2. The number of aromatic nitrogens is 3. The van der Waals surface area contributed by atoms with Crippen molar-refractivity contribution in [3.8, 4) is 11.3 Å². The Hall–Kier alpha value is -1.72. The predicted octanol–water partition coefficient (Wildman–Crippen LogP) is 2.65. The summed E-state index contributed by atoms with van der Waals surface area (Å²) < 4.78 is 2.70. The van der Waals surface area contributed by atoms with E-state index in [0.717, 1.165) is 21.4 Å². The molecule has 0 amide bonds. The predicted molar refractivity (Wildman–Crippen MR) is 72.0 cm³/mol. The first-order chi connectivity index (χ1) is 8.78. The number of rotatable bonds is 2. The molecule has 18 heavy (non-hydrogen) atoms. The molecule has 2 heterocycles. The lowest BCUT2D eigenvalue weighted by Gasteiger charge is -2.03. The number of hydrogen-bond acceptors (Lipinski definition) is 3. The molecule has 0 fully saturated rings. The van der Waals surface area contributed by atoms with Crippen LogP contribution in [-0.2, 0) is 6.61 Å². The molecular weight excluding hydrogens is 294 g/mol. The van der Waals surface area contributed by atoms with E-state index in [2.05, 4.69) is 26.0 Å². The van der Waals surface area contributed by atoms with Gasteiger partial charge in [0.1, 0.15) is 0 Å². The molecule has 0 unspecified atom stereocenters. The molecule has 2 aromatic heterocycles. The first-order valence-corrected chi connectivity index (χ1v) is 6.28. The van der Waals surface area contributed by atoms with Gasteiger partial charge in [-0.25, -0.2) is 9.50 Å². The highest BCUT2D eigenvalue weighted by Gasteiger charge is 2.06. The van der Waals surface area contributed by atoms with Gasteiger partial charge in [-0.1, -0.05) is 28.1 Å². The molecule has 0 aliphatic heterocycles. The number of fused-ring (bicyclic) bond motifs is 1. The van der Waals surface area contributed by atoms with Crippen molar-refractivity contribution in [2.45, 2.75) is 6.61 Å². The maximum absolute atomic E-state index is 9.22. The zero-order chi connectivity index (χ0) is 12.5. The quantitative estimate of drug-likeness (QED) is 0.792. The second kappa shape index (κ2) is 4.51. The third-order valence-corrected chi connectivity index (χ3v) is 3.26. The highest BCUT2D eigenvalue weighted by Crippen LogP contribution is 2.20. The number of imidazole rings is 1. The van der Waals surface area contributed by atoms with Crippen molar-refractivity contribution in [2.24, 2.45) is 0 Å². The van der Waals surface area contributed by atoms with Gasteiger partial charge in [-0.05, 0) is 24.3 Å². The van der Waals surface area contributed by atoms with Gasteiger partial charge in [0.2, 0.25) is 0 Å². The lowest BCUT2D eigenvalue weighted by molar-refractivity contribution is 0.274. The Morgan fingerprint density at radius 2 is 1.89 bits per heavy atom. The smallest absolute Gasteiger partial charge is 0.153 e. The van der Waals surface area contributed by atoms with Crippen molar-refractivity contribution >= 4 is 21.6 Å². The molecule has 3 aromatic rings. The topological polar surface area (TPSA) is 50.4 Å². The van der Waals surface area contributed by atoms with E-state index in [1.165, 1.54) is 0 Å². The lowest BCUT2D eigenvalue weighted by atomic mass is 10.1. The van der Waals surface area contributed by atoms with Gasteiger partial charge < -0.3 is 5.11 Å². The van der Waals surface area contributed by atoms with Gasteiger partial charge in [-0.3, -0.25) is 0 Å². The van der Waals surface area contributed by atoms with Crippen molar-refractivity contribution in [1.82, 2.24) is 14.6 Å². The molecule has 90 valence electrons. The average Bonchev–Trinajstić information content (AvgIpc) is 2.81. The van der Waals surface area contributed by atoms with Gasteiger partial charge in [0, 0.05) is 10.0 Å². The van der Waals surface area contributed by atoms with E-state index >= 15 is 0 Å². The Labute approximate surface area is 112 Å². The number of hydrogen-bond donors (Lipinski definition) is 1. The summed E-state index contributed by atoms with van der Waals surface area (Å²) in [6.45, 7) is -0.0715. The molecule has 1 aromatic carbocycles. The fraction of sp³-hybridized carbons (Fsp3) is 0.0769. The van der Waals surface area contributed by atoms with Gasteiger partial charge in [0.25, 0.3) is 0 Å². The normalized spacial score (nSPS) is 11.0. The summed E-state index contributed by atoms with van der Waals surface area (Å²) >= 11 is 3.41. The maximum atomic E-state index is 9.22. The fourth-order valence-electron chi connectivity index (χ4n) is 1.80. The van der Waals surface area contributed by atoms with Crippen molar-refractivity contribution in [2.75, 3.05) is 0 Å². The zero-order valence-electron chi connectivity index (χ0n) is 9.42. The molecule has 0 spiro atoms. The van der Waals surface area contributed by atoms with Crippen molar-refractivity contribution in [3.05, 3.63) is 52.8 Å². The summed E-state index contributed by atoms with van der Waals surface area (Å²) in [5, 5.41) is 13.7. The third-order valence-electron chi connectivity index (χ3n) is 2.73. The molecule has 5 heteroatoms. The van der Waals surface area contributed by atoms with E-state index in [-0.39, 0.29) is 6.61 Å². The SMILES string of the molecule is OCc1cnc2ccc(-c3ccc(Br)cc3)nn12. The van der Waals surface area contributed by atoms with Crippen LogP contribution in [0.4, 0.5) is 0 Å². The Kier molecular flexibility index (Phi) is 2.85. The number of benzene rings is 1. The van der Waals surface area contributed by atoms with Gasteiger partial charge >= 0.3 is 0 Å². The highest BCUT2D eigenvalue weighted by molar-refractivity contribution is 9.10. The summed E-state index contributed by atoms with van der Waals surface area (Å²) in [7, 11) is 0. The van der Waals surface area contributed by atoms with Gasteiger partial charge in [-0.2, -0.15) is 5.10 Å². The first-order valence-electron chi connectivity index (χ1n) is 5.48. The molecule has 0 saturated heterocycles. The molecular formula is C13H10BrN3O. The van der Waals surface area contributed by atoms with E-state index in [1.54, 1.807) is 10.7 Å². The molecule has 0 aliphatic carbocycles. The average molecular weight is 304 g/mol. The lowest BCUT2D eigenvalue weighted by Crippen LogP contribution is -1.98. The van der Waals surface area contributed by atoms with E-state index in [9.17, 15) is 5.11 Å². The Morgan fingerprint density at radius 3 is 2.61 bits per heavy atom. The van der Waals surface area contributed by atoms with Crippen LogP contribution in [0.2, 0.25) is 0 Å². The fourth-order valence-corrected chi connectivity index (χ4v) is 2.07. The van der Waals surface area contributed by atoms with E-state index < -0.39 is 0 Å². The largest absolute Gasteiger partial charge is 0.390 e. The summed E-state index contributed by atoms with van der Waals surface area (Å²) in [5.74, 6) is 0. The van der Waals surface area contributed by atoms with Gasteiger partial charge in [0.15, 0.2) is 5.65 Å². The van der Waals surface area contributed by atoms with Crippen molar-refractivity contribution < 1.29 is 5.11 Å². The number of aliphatic hydroxyl groups excluding tert-OH is 1. The van der Waals surface area contributed by atoms with Crippen LogP contribution in [0.5, 0.6) is 0 Å². The number of halogens is 1. The zero-order valence-corrected chi connectivity index (χ0v) is 11.0. The van der Waals surface area contributed by atoms with Crippen LogP contribution >= 0.6 is 15.9 Å². The van der Waals surface area contributed by atoms with E-state index in [4.69, 9.17) is 0 Å². The molecule has 0 aliphatic rings. The van der Waals surface area contributed by atoms with E-state index in [1.807, 2.05) is 36.4 Å². The molecule has 1 N–H and O–H groups in total. The van der Waals surface area contributed by atoms with Crippen LogP contribution in [0.25, 0.3) is 16.9 Å². The second-order valence-electron chi connectivity index (χ2n) is 3.90. The Balaban J connectivity index is 2.14. The van der Waals surface area contributed by atoms with Crippen LogP contribution in [0, 0.1) is 0 Å². The van der Waals surface area contributed by atoms with Crippen LogP contribution < -0.4 is 0 Å². The highest BCUT2D eigenvalue weighted by atomic mass is 79.9. The molecule has 0 bridgehead atoms. The first kappa shape index (κ1) is 11.4. The molecule has 0 atom stereocenters. The minimum absolute atomic E-state index is 0.0715. The molecule has 3 rings (SSSR count). The van der Waals surface area contributed by atoms with Gasteiger partial charge in [0.05, 0.1) is 24.2 Å². The summed E-state index contributed by atoms with van der Waals surface area (Å²) in [4.78, 5) is 4.17. The minimum Gasteiger partial charge on any atom is -0.390 e. The summed E-state index contributed by atoms with van der Waals surface area (Å²) in [5.41, 5.74) is 3.30. The van der Waals surface area contributed by atoms with Crippen LogP contribution in [0.3, 0.4) is 0 Å². The number of aliphatic hydroxyl groups is 1. The summed E-state index contributed by atoms with van der Waals surface area (Å²) in [6.07, 6.45) is 1.63. The monoisotopic (exact) mass is 303 g/mol. The maximum Gasteiger partial charge on any atom is 0.153 e. The van der Waals surface area contributed by atoms with Crippen LogP contribution in [-0.4, -0.2) is 19.7 Å². The van der Waals surface area contributed by atoms with Crippen LogP contribution in [0.1, 0.15) is 5.69 Å². The molecule has 4 nitrogen and oxygen atoms in total. The summed E-state index contributed by atoms with van der Waals surface area (Å²) in [6, 6.07) is 11.8. The number of nitrogens with zero attached hydrogens (tertiary/aromatic N) is 3. The molecule has 0 radical (unpaired) electrons. The molecule has 0 saturated carbocycles. The minimum atomic E-state index is -0.0715. The third kappa shape index (κ3) is 1.91. The second-order valence-corrected chi connectivity index (χ2v) is 4.82. The van der Waals surface area contributed by atoms with Crippen LogP contribution in [0.15, 0.2) is 47.1 Å². The Bertz CT molecular complexity index is 691. The van der Waals surface area contributed by atoms with E-state index in [0.29, 0.717) is 5.69 Å². The van der Waals surface area contributed by atoms with Crippen molar-refractivity contribution in [1.29, 1.82) is 0 Å².